The summed E-state index contributed by atoms with van der Waals surface area (Å²) in [4.78, 5) is 41.4. The van der Waals surface area contributed by atoms with Gasteiger partial charge in [-0.3, -0.25) is 9.59 Å². The number of hydrogen-bond donors (Lipinski definition) is 3. The number of anilines is 2. The van der Waals surface area contributed by atoms with Crippen LogP contribution in [0.5, 0.6) is 0 Å². The fourth-order valence-corrected chi connectivity index (χ4v) is 4.57. The topological polar surface area (TPSA) is 108 Å². The summed E-state index contributed by atoms with van der Waals surface area (Å²) in [6.07, 6.45) is 1.42. The Balaban J connectivity index is 1.73. The number of carbonyl (C=O) groups is 3. The largest absolute Gasteiger partial charge is 0.478 e. The highest BCUT2D eigenvalue weighted by molar-refractivity contribution is 8.00. The van der Waals surface area contributed by atoms with Crippen LogP contribution in [0.15, 0.2) is 47.5 Å². The van der Waals surface area contributed by atoms with Crippen LogP contribution in [0.3, 0.4) is 0 Å². The number of pyridine rings is 1. The number of rotatable bonds is 7. The molecule has 0 saturated heterocycles. The third kappa shape index (κ3) is 6.27. The smallest absolute Gasteiger partial charge is 0.338 e. The van der Waals surface area contributed by atoms with E-state index in [2.05, 4.69) is 15.6 Å². The van der Waals surface area contributed by atoms with Crippen molar-refractivity contribution in [3.8, 4) is 0 Å². The van der Waals surface area contributed by atoms with Gasteiger partial charge in [0.1, 0.15) is 5.82 Å². The summed E-state index contributed by atoms with van der Waals surface area (Å²) >= 11 is 31.0. The number of carboxylic acid groups (broad SMARTS) is 1. The molecule has 0 unspecified atom stereocenters. The first-order valence-corrected chi connectivity index (χ1v) is 12.0. The van der Waals surface area contributed by atoms with Gasteiger partial charge in [-0.2, -0.15) is 0 Å². The lowest BCUT2D eigenvalue weighted by atomic mass is 10.1. The van der Waals surface area contributed by atoms with Crippen molar-refractivity contribution in [1.82, 2.24) is 4.98 Å². The summed E-state index contributed by atoms with van der Waals surface area (Å²) < 4.78 is 0. The fourth-order valence-electron chi connectivity index (χ4n) is 2.68. The van der Waals surface area contributed by atoms with Crippen molar-refractivity contribution in [2.75, 3.05) is 16.4 Å². The molecule has 34 heavy (non-hydrogen) atoms. The quantitative estimate of drug-likeness (QED) is 0.158. The molecule has 13 heteroatoms. The van der Waals surface area contributed by atoms with Crippen LogP contribution in [-0.2, 0) is 4.79 Å². The van der Waals surface area contributed by atoms with Gasteiger partial charge in [0.15, 0.2) is 0 Å². The van der Waals surface area contributed by atoms with Crippen LogP contribution in [0.1, 0.15) is 20.7 Å². The van der Waals surface area contributed by atoms with E-state index < -0.39 is 28.0 Å². The Hall–Kier alpha value is -2.20. The second kappa shape index (κ2) is 11.5. The summed E-state index contributed by atoms with van der Waals surface area (Å²) in [6, 6.07) is 9.74. The molecule has 2 aromatic carbocycles. The van der Waals surface area contributed by atoms with E-state index in [9.17, 15) is 19.5 Å². The number of carboxylic acids is 1. The first-order valence-electron chi connectivity index (χ1n) is 9.13. The highest BCUT2D eigenvalue weighted by atomic mass is 35.5. The maximum atomic E-state index is 12.9. The SMILES string of the molecule is O=C(CSc1cccc(NC(=O)c2c(Cl)c(Cl)c(Cl)c(Cl)c2C(=O)O)c1)Nc1ccc(Cl)cn1. The van der Waals surface area contributed by atoms with Gasteiger partial charge in [0.25, 0.3) is 5.91 Å². The van der Waals surface area contributed by atoms with Crippen LogP contribution in [-0.4, -0.2) is 33.6 Å². The first-order chi connectivity index (χ1) is 16.1. The molecule has 0 radical (unpaired) electrons. The molecule has 0 saturated carbocycles. The van der Waals surface area contributed by atoms with Crippen molar-refractivity contribution in [3.63, 3.8) is 0 Å². The van der Waals surface area contributed by atoms with Crippen molar-refractivity contribution in [2.24, 2.45) is 0 Å². The van der Waals surface area contributed by atoms with E-state index in [-0.39, 0.29) is 26.7 Å². The zero-order valence-corrected chi connectivity index (χ0v) is 21.3. The second-order valence-corrected chi connectivity index (χ2v) is 9.49. The first kappa shape index (κ1) is 26.4. The fraction of sp³-hybridized carbons (Fsp3) is 0.0476. The van der Waals surface area contributed by atoms with E-state index >= 15 is 0 Å². The number of aromatic carboxylic acids is 1. The minimum absolute atomic E-state index is 0.0685. The summed E-state index contributed by atoms with van der Waals surface area (Å²) in [5, 5.41) is 13.9. The van der Waals surface area contributed by atoms with Crippen molar-refractivity contribution in [3.05, 3.63) is 78.8 Å². The highest BCUT2D eigenvalue weighted by Crippen LogP contribution is 2.41. The molecule has 3 aromatic rings. The van der Waals surface area contributed by atoms with E-state index in [1.54, 1.807) is 36.4 Å². The molecule has 0 spiro atoms. The predicted octanol–water partition coefficient (Wildman–Crippen LogP) is 7.03. The zero-order valence-electron chi connectivity index (χ0n) is 16.7. The molecule has 0 atom stereocenters. The van der Waals surface area contributed by atoms with Crippen molar-refractivity contribution >= 4 is 99.1 Å². The molecule has 3 N–H and O–H groups in total. The minimum atomic E-state index is -1.50. The number of thioether (sulfide) groups is 1. The Bertz CT molecular complexity index is 1290. The van der Waals surface area contributed by atoms with Crippen LogP contribution in [0.2, 0.25) is 25.1 Å². The van der Waals surface area contributed by atoms with Gasteiger partial charge in [-0.05, 0) is 30.3 Å². The number of aromatic nitrogens is 1. The lowest BCUT2D eigenvalue weighted by molar-refractivity contribution is -0.113. The van der Waals surface area contributed by atoms with Crippen molar-refractivity contribution in [1.29, 1.82) is 0 Å². The number of amides is 2. The maximum Gasteiger partial charge on any atom is 0.338 e. The molecule has 176 valence electrons. The standard InChI is InChI=1S/C21H12Cl5N3O4S/c22-9-4-5-12(27-7-9)29-13(30)8-34-11-3-1-2-10(6-11)28-20(31)14-15(21(32)33)17(24)19(26)18(25)16(14)23/h1-7H,8H2,(H,28,31)(H,32,33)(H,27,29,30). The third-order valence-electron chi connectivity index (χ3n) is 4.16. The lowest BCUT2D eigenvalue weighted by Crippen LogP contribution is -2.18. The number of halogens is 5. The monoisotopic (exact) mass is 577 g/mol. The summed E-state index contributed by atoms with van der Waals surface area (Å²) in [5.74, 6) is -2.21. The summed E-state index contributed by atoms with van der Waals surface area (Å²) in [7, 11) is 0. The maximum absolute atomic E-state index is 12.9. The van der Waals surface area contributed by atoms with E-state index in [1.165, 1.54) is 18.0 Å². The van der Waals surface area contributed by atoms with Crippen LogP contribution in [0.25, 0.3) is 0 Å². The number of nitrogens with zero attached hydrogens (tertiary/aromatic N) is 1. The van der Waals surface area contributed by atoms with Gasteiger partial charge in [0.05, 0.1) is 42.0 Å². The molecule has 0 aliphatic rings. The molecule has 1 aromatic heterocycles. The third-order valence-corrected chi connectivity index (χ3v) is 7.18. The Morgan fingerprint density at radius 3 is 2.18 bits per heavy atom. The van der Waals surface area contributed by atoms with Gasteiger partial charge in [-0.1, -0.05) is 64.1 Å². The molecule has 3 rings (SSSR count). The normalized spacial score (nSPS) is 10.6. The molecule has 0 aliphatic carbocycles. The van der Waals surface area contributed by atoms with Gasteiger partial charge >= 0.3 is 5.97 Å². The van der Waals surface area contributed by atoms with E-state index in [1.807, 2.05) is 0 Å². The van der Waals surface area contributed by atoms with Gasteiger partial charge in [0, 0.05) is 16.8 Å². The van der Waals surface area contributed by atoms with Gasteiger partial charge in [0.2, 0.25) is 5.91 Å². The van der Waals surface area contributed by atoms with E-state index in [0.717, 1.165) is 0 Å². The Morgan fingerprint density at radius 1 is 0.882 bits per heavy atom. The van der Waals surface area contributed by atoms with Gasteiger partial charge < -0.3 is 15.7 Å². The van der Waals surface area contributed by atoms with Crippen LogP contribution >= 0.6 is 69.8 Å². The second-order valence-electron chi connectivity index (χ2n) is 6.49. The molecule has 0 bridgehead atoms. The Kier molecular flexibility index (Phi) is 8.92. The summed E-state index contributed by atoms with van der Waals surface area (Å²) in [5.41, 5.74) is -0.678. The van der Waals surface area contributed by atoms with Gasteiger partial charge in [-0.25, -0.2) is 9.78 Å². The molecule has 7 nitrogen and oxygen atoms in total. The molecular formula is C21H12Cl5N3O4S. The highest BCUT2D eigenvalue weighted by Gasteiger charge is 2.29. The van der Waals surface area contributed by atoms with Crippen molar-refractivity contribution < 1.29 is 19.5 Å². The average Bonchev–Trinajstić information content (AvgIpc) is 2.80. The zero-order chi connectivity index (χ0) is 25.0. The minimum Gasteiger partial charge on any atom is -0.478 e. The number of hydrogen-bond acceptors (Lipinski definition) is 5. The van der Waals surface area contributed by atoms with E-state index in [0.29, 0.717) is 21.4 Å². The average molecular weight is 580 g/mol. The Labute approximate surface area is 222 Å². The molecule has 0 fully saturated rings. The lowest BCUT2D eigenvalue weighted by Gasteiger charge is -2.14. The van der Waals surface area contributed by atoms with Crippen molar-refractivity contribution in [2.45, 2.75) is 4.90 Å². The Morgan fingerprint density at radius 2 is 1.56 bits per heavy atom. The number of benzene rings is 2. The van der Waals surface area contributed by atoms with Crippen LogP contribution < -0.4 is 10.6 Å². The molecule has 1 heterocycles. The number of carbonyl (C=O) groups excluding carboxylic acids is 2. The predicted molar refractivity (Wildman–Crippen MR) is 136 cm³/mol. The molecule has 0 aliphatic heterocycles. The van der Waals surface area contributed by atoms with Crippen LogP contribution in [0.4, 0.5) is 11.5 Å². The van der Waals surface area contributed by atoms with Gasteiger partial charge in [-0.15, -0.1) is 11.8 Å². The number of nitrogens with one attached hydrogen (secondary N) is 2. The van der Waals surface area contributed by atoms with Crippen LogP contribution in [0, 0.1) is 0 Å². The molecule has 2 amide bonds. The molecular weight excluding hydrogens is 568 g/mol. The van der Waals surface area contributed by atoms with E-state index in [4.69, 9.17) is 58.0 Å². The summed E-state index contributed by atoms with van der Waals surface area (Å²) in [6.45, 7) is 0.